The summed E-state index contributed by atoms with van der Waals surface area (Å²) in [5.41, 5.74) is 0. The highest BCUT2D eigenvalue weighted by atomic mass is 16.4. The van der Waals surface area contributed by atoms with Crippen molar-refractivity contribution in [3.05, 3.63) is 0 Å². The first-order chi connectivity index (χ1) is 6.56. The van der Waals surface area contributed by atoms with Crippen LogP contribution in [0.4, 0.5) is 0 Å². The number of carbonyl (C=O) groups is 2. The van der Waals surface area contributed by atoms with Crippen molar-refractivity contribution in [1.82, 2.24) is 10.6 Å². The van der Waals surface area contributed by atoms with E-state index in [1.54, 1.807) is 7.05 Å². The van der Waals surface area contributed by atoms with Crippen LogP contribution in [-0.2, 0) is 9.59 Å². The maximum Gasteiger partial charge on any atom is 0.303 e. The zero-order chi connectivity index (χ0) is 11.0. The number of carboxylic acids is 1. The van der Waals surface area contributed by atoms with Crippen LogP contribution in [0.25, 0.3) is 0 Å². The maximum absolute atomic E-state index is 10.8. The number of carbonyl (C=O) groups excluding carboxylic acids is 1. The van der Waals surface area contributed by atoms with E-state index in [-0.39, 0.29) is 18.4 Å². The summed E-state index contributed by atoms with van der Waals surface area (Å²) in [5.74, 6) is -0.798. The molecule has 1 amide bonds. The van der Waals surface area contributed by atoms with Crippen molar-refractivity contribution in [3.63, 3.8) is 0 Å². The van der Waals surface area contributed by atoms with Crippen molar-refractivity contribution in [1.29, 1.82) is 0 Å². The normalized spacial score (nSPS) is 12.1. The fraction of sp³-hybridized carbons (Fsp3) is 0.778. The standard InChI is InChI=1S/C9H18N2O3/c1-7(3-4-9(13)14)11-6-5-8(12)10-2/h7,11H,3-6H2,1-2H3,(H,10,12)(H,13,14). The summed E-state index contributed by atoms with van der Waals surface area (Å²) in [7, 11) is 1.59. The molecule has 3 N–H and O–H groups in total. The van der Waals surface area contributed by atoms with Gasteiger partial charge in [0, 0.05) is 32.5 Å². The van der Waals surface area contributed by atoms with Gasteiger partial charge in [0.15, 0.2) is 0 Å². The number of hydrogen-bond donors (Lipinski definition) is 3. The molecule has 0 aliphatic heterocycles. The Morgan fingerprint density at radius 3 is 2.50 bits per heavy atom. The smallest absolute Gasteiger partial charge is 0.303 e. The van der Waals surface area contributed by atoms with Crippen LogP contribution in [0.5, 0.6) is 0 Å². The number of hydrogen-bond acceptors (Lipinski definition) is 3. The minimum Gasteiger partial charge on any atom is -0.481 e. The lowest BCUT2D eigenvalue weighted by Gasteiger charge is -2.11. The van der Waals surface area contributed by atoms with Gasteiger partial charge in [-0.2, -0.15) is 0 Å². The first-order valence-electron chi connectivity index (χ1n) is 4.72. The predicted octanol–water partition coefficient (Wildman–Crippen LogP) is -0.0346. The molecule has 0 heterocycles. The van der Waals surface area contributed by atoms with Gasteiger partial charge in [-0.1, -0.05) is 0 Å². The number of carboxylic acid groups (broad SMARTS) is 1. The van der Waals surface area contributed by atoms with E-state index in [0.717, 1.165) is 0 Å². The van der Waals surface area contributed by atoms with E-state index in [4.69, 9.17) is 5.11 Å². The highest BCUT2D eigenvalue weighted by Gasteiger charge is 2.05. The van der Waals surface area contributed by atoms with E-state index in [2.05, 4.69) is 10.6 Å². The molecule has 0 aliphatic carbocycles. The quantitative estimate of drug-likeness (QED) is 0.541. The van der Waals surface area contributed by atoms with Crippen LogP contribution in [-0.4, -0.2) is 36.6 Å². The average Bonchev–Trinajstić information content (AvgIpc) is 2.14. The summed E-state index contributed by atoms with van der Waals surface area (Å²) < 4.78 is 0. The van der Waals surface area contributed by atoms with Gasteiger partial charge in [-0.3, -0.25) is 9.59 Å². The molecule has 0 saturated heterocycles. The Morgan fingerprint density at radius 1 is 1.36 bits per heavy atom. The Labute approximate surface area is 83.9 Å². The van der Waals surface area contributed by atoms with Crippen LogP contribution in [0.3, 0.4) is 0 Å². The van der Waals surface area contributed by atoms with Crippen molar-refractivity contribution in [2.24, 2.45) is 0 Å². The third kappa shape index (κ3) is 7.54. The Kier molecular flexibility index (Phi) is 6.74. The van der Waals surface area contributed by atoms with Gasteiger partial charge in [0.25, 0.3) is 0 Å². The van der Waals surface area contributed by atoms with Gasteiger partial charge in [-0.25, -0.2) is 0 Å². The molecule has 1 unspecified atom stereocenters. The number of amides is 1. The van der Waals surface area contributed by atoms with E-state index >= 15 is 0 Å². The van der Waals surface area contributed by atoms with Gasteiger partial charge in [0.05, 0.1) is 0 Å². The molecule has 0 bridgehead atoms. The Bertz CT molecular complexity index is 194. The van der Waals surface area contributed by atoms with E-state index in [0.29, 0.717) is 19.4 Å². The van der Waals surface area contributed by atoms with Gasteiger partial charge >= 0.3 is 5.97 Å². The minimum atomic E-state index is -0.787. The van der Waals surface area contributed by atoms with Crippen molar-refractivity contribution in [2.45, 2.75) is 32.2 Å². The van der Waals surface area contributed by atoms with Crippen LogP contribution in [0, 0.1) is 0 Å². The van der Waals surface area contributed by atoms with Crippen LogP contribution in [0.15, 0.2) is 0 Å². The molecule has 0 aromatic heterocycles. The number of aliphatic carboxylic acids is 1. The number of rotatable bonds is 7. The molecule has 0 fully saturated rings. The molecule has 0 rings (SSSR count). The van der Waals surface area contributed by atoms with E-state index in [9.17, 15) is 9.59 Å². The van der Waals surface area contributed by atoms with Crippen LogP contribution in [0.1, 0.15) is 26.2 Å². The van der Waals surface area contributed by atoms with E-state index < -0.39 is 5.97 Å². The second kappa shape index (κ2) is 7.32. The Hall–Kier alpha value is -1.10. The Balaban J connectivity index is 3.39. The third-order valence-corrected chi connectivity index (χ3v) is 1.91. The lowest BCUT2D eigenvalue weighted by molar-refractivity contribution is -0.137. The minimum absolute atomic E-state index is 0.0112. The summed E-state index contributed by atoms with van der Waals surface area (Å²) in [4.78, 5) is 21.1. The highest BCUT2D eigenvalue weighted by molar-refractivity contribution is 5.75. The molecule has 82 valence electrons. The fourth-order valence-electron chi connectivity index (χ4n) is 0.999. The molecule has 0 spiro atoms. The zero-order valence-corrected chi connectivity index (χ0v) is 8.67. The van der Waals surface area contributed by atoms with E-state index in [1.807, 2.05) is 6.92 Å². The van der Waals surface area contributed by atoms with Crippen molar-refractivity contribution in [3.8, 4) is 0 Å². The topological polar surface area (TPSA) is 78.4 Å². The van der Waals surface area contributed by atoms with Gasteiger partial charge in [0.1, 0.15) is 0 Å². The predicted molar refractivity (Wildman–Crippen MR) is 53.0 cm³/mol. The van der Waals surface area contributed by atoms with Gasteiger partial charge < -0.3 is 15.7 Å². The lowest BCUT2D eigenvalue weighted by atomic mass is 10.2. The summed E-state index contributed by atoms with van der Waals surface area (Å²) in [5, 5.41) is 14.0. The lowest BCUT2D eigenvalue weighted by Crippen LogP contribution is -2.31. The monoisotopic (exact) mass is 202 g/mol. The summed E-state index contributed by atoms with van der Waals surface area (Å²) >= 11 is 0. The molecular formula is C9H18N2O3. The van der Waals surface area contributed by atoms with Gasteiger partial charge in [-0.05, 0) is 13.3 Å². The van der Waals surface area contributed by atoms with Crippen molar-refractivity contribution in [2.75, 3.05) is 13.6 Å². The maximum atomic E-state index is 10.8. The van der Waals surface area contributed by atoms with Crippen molar-refractivity contribution < 1.29 is 14.7 Å². The SMILES string of the molecule is CNC(=O)CCNC(C)CCC(=O)O. The molecule has 0 saturated carbocycles. The summed E-state index contributed by atoms with van der Waals surface area (Å²) in [6.45, 7) is 2.49. The molecule has 5 heteroatoms. The average molecular weight is 202 g/mol. The molecule has 0 aliphatic rings. The molecule has 0 aromatic rings. The third-order valence-electron chi connectivity index (χ3n) is 1.91. The first kappa shape index (κ1) is 12.9. The fourth-order valence-corrected chi connectivity index (χ4v) is 0.999. The number of nitrogens with one attached hydrogen (secondary N) is 2. The first-order valence-corrected chi connectivity index (χ1v) is 4.72. The molecule has 0 aromatic carbocycles. The molecule has 0 radical (unpaired) electrons. The van der Waals surface area contributed by atoms with Gasteiger partial charge in [0.2, 0.25) is 5.91 Å². The highest BCUT2D eigenvalue weighted by Crippen LogP contribution is 1.95. The van der Waals surface area contributed by atoms with Gasteiger partial charge in [-0.15, -0.1) is 0 Å². The molecular weight excluding hydrogens is 184 g/mol. The summed E-state index contributed by atoms with van der Waals surface area (Å²) in [6.07, 6.45) is 1.17. The molecule has 14 heavy (non-hydrogen) atoms. The second-order valence-electron chi connectivity index (χ2n) is 3.21. The van der Waals surface area contributed by atoms with Crippen LogP contribution in [0.2, 0.25) is 0 Å². The Morgan fingerprint density at radius 2 is 2.00 bits per heavy atom. The van der Waals surface area contributed by atoms with Crippen molar-refractivity contribution >= 4 is 11.9 Å². The molecule has 5 nitrogen and oxygen atoms in total. The zero-order valence-electron chi connectivity index (χ0n) is 8.67. The van der Waals surface area contributed by atoms with E-state index in [1.165, 1.54) is 0 Å². The largest absolute Gasteiger partial charge is 0.481 e. The second-order valence-corrected chi connectivity index (χ2v) is 3.21. The van der Waals surface area contributed by atoms with Crippen LogP contribution < -0.4 is 10.6 Å². The van der Waals surface area contributed by atoms with Crippen LogP contribution >= 0.6 is 0 Å². The summed E-state index contributed by atoms with van der Waals surface area (Å²) in [6, 6.07) is 0.135. The molecule has 1 atom stereocenters.